The molecule has 132 valence electrons. The Morgan fingerprint density at radius 3 is 2.67 bits per heavy atom. The minimum atomic E-state index is -0.0115. The predicted molar refractivity (Wildman–Crippen MR) is 90.3 cm³/mol. The molecule has 1 aliphatic rings. The van der Waals surface area contributed by atoms with E-state index in [0.29, 0.717) is 44.3 Å². The van der Waals surface area contributed by atoms with Gasteiger partial charge >= 0.3 is 0 Å². The first-order valence-electron chi connectivity index (χ1n) is 7.74. The van der Waals surface area contributed by atoms with Gasteiger partial charge in [0.1, 0.15) is 0 Å². The molecular weight excluding hydrogens is 312 g/mol. The van der Waals surface area contributed by atoms with Crippen molar-refractivity contribution in [1.82, 2.24) is 10.2 Å². The van der Waals surface area contributed by atoms with Crippen LogP contribution in [0, 0.1) is 0 Å². The highest BCUT2D eigenvalue weighted by atomic mass is 16.5. The Morgan fingerprint density at radius 1 is 1.29 bits per heavy atom. The van der Waals surface area contributed by atoms with Gasteiger partial charge in [-0.15, -0.1) is 0 Å². The van der Waals surface area contributed by atoms with Crippen molar-refractivity contribution in [3.63, 3.8) is 0 Å². The fourth-order valence-corrected chi connectivity index (χ4v) is 2.30. The molecule has 0 atom stereocenters. The average molecular weight is 336 g/mol. The van der Waals surface area contributed by atoms with Crippen LogP contribution < -0.4 is 20.5 Å². The highest BCUT2D eigenvalue weighted by molar-refractivity contribution is 5.85. The third-order valence-corrected chi connectivity index (χ3v) is 3.66. The molecule has 0 aromatic heterocycles. The summed E-state index contributed by atoms with van der Waals surface area (Å²) >= 11 is 0. The molecule has 0 spiro atoms. The minimum absolute atomic E-state index is 0.0115. The van der Waals surface area contributed by atoms with Crippen LogP contribution in [0.4, 0.5) is 0 Å². The van der Waals surface area contributed by atoms with Crippen molar-refractivity contribution >= 4 is 11.9 Å². The van der Waals surface area contributed by atoms with E-state index in [1.807, 2.05) is 18.2 Å². The van der Waals surface area contributed by atoms with E-state index < -0.39 is 0 Å². The third-order valence-electron chi connectivity index (χ3n) is 3.66. The largest absolute Gasteiger partial charge is 0.493 e. The zero-order chi connectivity index (χ0) is 17.4. The number of morpholine rings is 1. The lowest BCUT2D eigenvalue weighted by molar-refractivity contribution is -0.134. The van der Waals surface area contributed by atoms with Gasteiger partial charge in [-0.25, -0.2) is 4.99 Å². The lowest BCUT2D eigenvalue weighted by atomic mass is 10.2. The molecule has 1 aromatic carbocycles. The predicted octanol–water partition coefficient (Wildman–Crippen LogP) is -0.0331. The molecule has 1 aliphatic heterocycles. The SMILES string of the molecule is COc1ccc(CN=C(N)NCC(=O)N2CCOCC2)cc1OC. The summed E-state index contributed by atoms with van der Waals surface area (Å²) < 4.78 is 15.7. The molecule has 0 saturated carbocycles. The zero-order valence-corrected chi connectivity index (χ0v) is 14.1. The van der Waals surface area contributed by atoms with Crippen molar-refractivity contribution in [2.45, 2.75) is 6.54 Å². The van der Waals surface area contributed by atoms with E-state index in [1.54, 1.807) is 19.1 Å². The molecule has 24 heavy (non-hydrogen) atoms. The van der Waals surface area contributed by atoms with Crippen LogP contribution in [0.3, 0.4) is 0 Å². The van der Waals surface area contributed by atoms with Gasteiger partial charge in [0, 0.05) is 13.1 Å². The maximum Gasteiger partial charge on any atom is 0.242 e. The summed E-state index contributed by atoms with van der Waals surface area (Å²) in [4.78, 5) is 18.0. The van der Waals surface area contributed by atoms with Gasteiger partial charge in [-0.3, -0.25) is 4.79 Å². The molecule has 8 heteroatoms. The summed E-state index contributed by atoms with van der Waals surface area (Å²) in [6, 6.07) is 5.54. The van der Waals surface area contributed by atoms with Gasteiger partial charge in [0.25, 0.3) is 0 Å². The molecule has 0 bridgehead atoms. The number of benzene rings is 1. The number of nitrogens with two attached hydrogens (primary N) is 1. The molecule has 0 aliphatic carbocycles. The van der Waals surface area contributed by atoms with Gasteiger partial charge < -0.3 is 30.2 Å². The zero-order valence-electron chi connectivity index (χ0n) is 14.1. The first-order chi connectivity index (χ1) is 11.6. The molecule has 1 saturated heterocycles. The van der Waals surface area contributed by atoms with E-state index in [-0.39, 0.29) is 18.4 Å². The van der Waals surface area contributed by atoms with Crippen LogP contribution in [0.1, 0.15) is 5.56 Å². The highest BCUT2D eigenvalue weighted by Crippen LogP contribution is 2.27. The quantitative estimate of drug-likeness (QED) is 0.559. The molecule has 8 nitrogen and oxygen atoms in total. The number of rotatable bonds is 6. The van der Waals surface area contributed by atoms with E-state index in [1.165, 1.54) is 0 Å². The molecule has 1 amide bonds. The maximum absolute atomic E-state index is 12.0. The minimum Gasteiger partial charge on any atom is -0.493 e. The molecule has 3 N–H and O–H groups in total. The van der Waals surface area contributed by atoms with Gasteiger partial charge in [0.2, 0.25) is 5.91 Å². The molecule has 1 heterocycles. The molecule has 0 unspecified atom stereocenters. The summed E-state index contributed by atoms with van der Waals surface area (Å²) in [7, 11) is 3.17. The number of ether oxygens (including phenoxy) is 3. The van der Waals surface area contributed by atoms with Crippen LogP contribution in [0.15, 0.2) is 23.2 Å². The van der Waals surface area contributed by atoms with Gasteiger partial charge in [0.15, 0.2) is 17.5 Å². The Bertz CT molecular complexity index is 585. The lowest BCUT2D eigenvalue weighted by Crippen LogP contribution is -2.46. The van der Waals surface area contributed by atoms with Gasteiger partial charge in [-0.1, -0.05) is 6.07 Å². The normalized spacial score (nSPS) is 15.1. The van der Waals surface area contributed by atoms with Crippen LogP contribution in [-0.2, 0) is 16.1 Å². The standard InChI is InChI=1S/C16H24N4O4/c1-22-13-4-3-12(9-14(13)23-2)10-18-16(17)19-11-15(21)20-5-7-24-8-6-20/h3-4,9H,5-8,10-11H2,1-2H3,(H3,17,18,19). The van der Waals surface area contributed by atoms with Gasteiger partial charge in [-0.2, -0.15) is 0 Å². The summed E-state index contributed by atoms with van der Waals surface area (Å²) in [5, 5.41) is 2.84. The van der Waals surface area contributed by atoms with E-state index in [0.717, 1.165) is 5.56 Å². The van der Waals surface area contributed by atoms with Gasteiger partial charge in [0.05, 0.1) is 40.5 Å². The Labute approximate surface area is 141 Å². The smallest absolute Gasteiger partial charge is 0.242 e. The molecule has 0 radical (unpaired) electrons. The van der Waals surface area contributed by atoms with E-state index in [2.05, 4.69) is 10.3 Å². The fraction of sp³-hybridized carbons (Fsp3) is 0.500. The van der Waals surface area contributed by atoms with E-state index in [9.17, 15) is 4.79 Å². The highest BCUT2D eigenvalue weighted by Gasteiger charge is 2.16. The average Bonchev–Trinajstić information content (AvgIpc) is 2.64. The Hall–Kier alpha value is -2.48. The van der Waals surface area contributed by atoms with Crippen molar-refractivity contribution < 1.29 is 19.0 Å². The summed E-state index contributed by atoms with van der Waals surface area (Å²) in [5.74, 6) is 1.51. The number of carbonyl (C=O) groups excluding carboxylic acids is 1. The summed E-state index contributed by atoms with van der Waals surface area (Å²) in [5.41, 5.74) is 6.74. The maximum atomic E-state index is 12.0. The second-order valence-electron chi connectivity index (χ2n) is 5.24. The number of guanidine groups is 1. The number of nitrogens with zero attached hydrogens (tertiary/aromatic N) is 2. The van der Waals surface area contributed by atoms with Gasteiger partial charge in [-0.05, 0) is 17.7 Å². The summed E-state index contributed by atoms with van der Waals surface area (Å²) in [6.07, 6.45) is 0. The van der Waals surface area contributed by atoms with E-state index in [4.69, 9.17) is 19.9 Å². The topological polar surface area (TPSA) is 98.4 Å². The Morgan fingerprint density at radius 2 is 2.00 bits per heavy atom. The van der Waals surface area contributed by atoms with Crippen molar-refractivity contribution in [3.05, 3.63) is 23.8 Å². The molecule has 2 rings (SSSR count). The number of aliphatic imine (C=N–C) groups is 1. The third kappa shape index (κ3) is 5.02. The van der Waals surface area contributed by atoms with E-state index >= 15 is 0 Å². The fourth-order valence-electron chi connectivity index (χ4n) is 2.30. The second kappa shape index (κ2) is 8.97. The number of hydrogen-bond acceptors (Lipinski definition) is 5. The Kier molecular flexibility index (Phi) is 6.68. The first kappa shape index (κ1) is 17.9. The number of carbonyl (C=O) groups is 1. The van der Waals surface area contributed by atoms with Crippen molar-refractivity contribution in [2.24, 2.45) is 10.7 Å². The van der Waals surface area contributed by atoms with Crippen LogP contribution >= 0.6 is 0 Å². The van der Waals surface area contributed by atoms with Crippen LogP contribution in [0.2, 0.25) is 0 Å². The molecular formula is C16H24N4O4. The number of hydrogen-bond donors (Lipinski definition) is 2. The molecule has 1 aromatic rings. The number of nitrogens with one attached hydrogen (secondary N) is 1. The van der Waals surface area contributed by atoms with Crippen molar-refractivity contribution in [3.8, 4) is 11.5 Å². The number of methoxy groups -OCH3 is 2. The monoisotopic (exact) mass is 336 g/mol. The van der Waals surface area contributed by atoms with Crippen LogP contribution in [-0.4, -0.2) is 63.8 Å². The van der Waals surface area contributed by atoms with Crippen molar-refractivity contribution in [1.29, 1.82) is 0 Å². The van der Waals surface area contributed by atoms with Crippen LogP contribution in [0.25, 0.3) is 0 Å². The lowest BCUT2D eigenvalue weighted by Gasteiger charge is -2.26. The molecule has 1 fully saturated rings. The first-order valence-corrected chi connectivity index (χ1v) is 7.74. The summed E-state index contributed by atoms with van der Waals surface area (Å²) in [6.45, 7) is 2.89. The second-order valence-corrected chi connectivity index (χ2v) is 5.24. The number of amides is 1. The Balaban J connectivity index is 1.84. The van der Waals surface area contributed by atoms with Crippen molar-refractivity contribution in [2.75, 3.05) is 47.1 Å². The van der Waals surface area contributed by atoms with Crippen LogP contribution in [0.5, 0.6) is 11.5 Å².